The molecule has 0 saturated heterocycles. The Morgan fingerprint density at radius 1 is 0.311 bits per heavy atom. The van der Waals surface area contributed by atoms with Gasteiger partial charge in [0, 0.05) is 27.8 Å². The van der Waals surface area contributed by atoms with Gasteiger partial charge in [-0.3, -0.25) is 0 Å². The van der Waals surface area contributed by atoms with Crippen molar-refractivity contribution in [2.75, 3.05) is 4.90 Å². The van der Waals surface area contributed by atoms with E-state index in [9.17, 15) is 0 Å². The lowest BCUT2D eigenvalue weighted by molar-refractivity contribution is 0.665. The third-order valence-electron chi connectivity index (χ3n) is 12.7. The first-order chi connectivity index (χ1) is 30.2. The molecule has 1 aromatic heterocycles. The normalized spacial score (nSPS) is 14.3. The van der Waals surface area contributed by atoms with E-state index in [2.05, 4.69) is 235 Å². The molecule has 0 amide bonds. The highest BCUT2D eigenvalue weighted by atomic mass is 16.3. The standard InChI is InChI=1S/C59H39NO/c1-3-13-40(14-4-1)42-25-30-48(31-26-42)60(49-32-27-43(28-33-49)45-24-23-41-15-7-8-16-44(41)37-45)50-34-36-52-51-19-9-11-21-55(51)59(56(52)39-50,46-17-5-2-6-18-46)47-29-35-54-53-20-10-12-22-57(53)61-58(54)38-47/h1-39H. The molecule has 2 nitrogen and oxygen atoms in total. The summed E-state index contributed by atoms with van der Waals surface area (Å²) >= 11 is 0. The first kappa shape index (κ1) is 35.0. The molecule has 0 bridgehead atoms. The average Bonchev–Trinajstić information content (AvgIpc) is 3.86. The molecule has 0 N–H and O–H groups in total. The van der Waals surface area contributed by atoms with Crippen molar-refractivity contribution in [3.8, 4) is 33.4 Å². The number of furan rings is 1. The minimum atomic E-state index is -0.612. The van der Waals surface area contributed by atoms with E-state index in [4.69, 9.17) is 4.42 Å². The number of anilines is 3. The summed E-state index contributed by atoms with van der Waals surface area (Å²) in [5.74, 6) is 0. The van der Waals surface area contributed by atoms with Gasteiger partial charge < -0.3 is 9.32 Å². The summed E-state index contributed by atoms with van der Waals surface area (Å²) in [5.41, 5.74) is 16.6. The summed E-state index contributed by atoms with van der Waals surface area (Å²) in [7, 11) is 0. The highest BCUT2D eigenvalue weighted by molar-refractivity contribution is 6.05. The van der Waals surface area contributed by atoms with Gasteiger partial charge in [0.25, 0.3) is 0 Å². The van der Waals surface area contributed by atoms with E-state index in [1.807, 2.05) is 6.07 Å². The zero-order chi connectivity index (χ0) is 40.3. The van der Waals surface area contributed by atoms with Crippen LogP contribution >= 0.6 is 0 Å². The number of hydrogen-bond donors (Lipinski definition) is 0. The molecular formula is C59H39NO. The van der Waals surface area contributed by atoms with Crippen molar-refractivity contribution < 1.29 is 4.42 Å². The molecule has 12 rings (SSSR count). The molecule has 0 radical (unpaired) electrons. The van der Waals surface area contributed by atoms with Crippen LogP contribution in [0.5, 0.6) is 0 Å². The second kappa shape index (κ2) is 14.1. The fourth-order valence-corrected chi connectivity index (χ4v) is 9.90. The van der Waals surface area contributed by atoms with Crippen molar-refractivity contribution in [1.82, 2.24) is 0 Å². The van der Waals surface area contributed by atoms with E-state index in [1.165, 1.54) is 66.4 Å². The second-order valence-electron chi connectivity index (χ2n) is 16.1. The highest BCUT2D eigenvalue weighted by Gasteiger charge is 2.46. The molecule has 1 aliphatic carbocycles. The Bertz CT molecular complexity index is 3400. The van der Waals surface area contributed by atoms with Crippen LogP contribution in [0.15, 0.2) is 241 Å². The van der Waals surface area contributed by atoms with Gasteiger partial charge in [0.1, 0.15) is 11.2 Å². The molecule has 0 aliphatic heterocycles. The Morgan fingerprint density at radius 2 is 0.885 bits per heavy atom. The molecule has 286 valence electrons. The number of nitrogens with zero attached hydrogens (tertiary/aromatic N) is 1. The Balaban J connectivity index is 1.06. The molecule has 2 heteroatoms. The van der Waals surface area contributed by atoms with Gasteiger partial charge in [-0.25, -0.2) is 0 Å². The van der Waals surface area contributed by atoms with Gasteiger partial charge >= 0.3 is 0 Å². The van der Waals surface area contributed by atoms with Crippen molar-refractivity contribution in [3.63, 3.8) is 0 Å². The summed E-state index contributed by atoms with van der Waals surface area (Å²) in [4.78, 5) is 2.40. The molecule has 0 spiro atoms. The molecule has 61 heavy (non-hydrogen) atoms. The van der Waals surface area contributed by atoms with Crippen molar-refractivity contribution >= 4 is 49.8 Å². The van der Waals surface area contributed by atoms with Crippen LogP contribution in [0.1, 0.15) is 22.3 Å². The smallest absolute Gasteiger partial charge is 0.135 e. The lowest BCUT2D eigenvalue weighted by Gasteiger charge is -2.35. The van der Waals surface area contributed by atoms with Crippen molar-refractivity contribution in [2.45, 2.75) is 5.41 Å². The molecule has 11 aromatic rings. The zero-order valence-electron chi connectivity index (χ0n) is 33.4. The van der Waals surface area contributed by atoms with Crippen molar-refractivity contribution in [2.24, 2.45) is 0 Å². The van der Waals surface area contributed by atoms with E-state index < -0.39 is 5.41 Å². The number of hydrogen-bond acceptors (Lipinski definition) is 2. The van der Waals surface area contributed by atoms with Crippen LogP contribution in [0.25, 0.3) is 66.1 Å². The van der Waals surface area contributed by atoms with Crippen LogP contribution < -0.4 is 4.90 Å². The highest BCUT2D eigenvalue weighted by Crippen LogP contribution is 2.57. The monoisotopic (exact) mass is 777 g/mol. The third-order valence-corrected chi connectivity index (χ3v) is 12.7. The number of benzene rings is 10. The largest absolute Gasteiger partial charge is 0.456 e. The van der Waals surface area contributed by atoms with E-state index in [0.29, 0.717) is 0 Å². The van der Waals surface area contributed by atoms with Crippen LogP contribution in [0.3, 0.4) is 0 Å². The van der Waals surface area contributed by atoms with Crippen LogP contribution in [0.4, 0.5) is 17.1 Å². The van der Waals surface area contributed by atoms with Gasteiger partial charge in [-0.1, -0.05) is 182 Å². The van der Waals surface area contributed by atoms with E-state index >= 15 is 0 Å². The number of rotatable bonds is 7. The summed E-state index contributed by atoms with van der Waals surface area (Å²) < 4.78 is 6.58. The fourth-order valence-electron chi connectivity index (χ4n) is 9.90. The summed E-state index contributed by atoms with van der Waals surface area (Å²) in [6, 6.07) is 86.1. The lowest BCUT2D eigenvalue weighted by atomic mass is 9.67. The predicted octanol–water partition coefficient (Wildman–Crippen LogP) is 15.9. The van der Waals surface area contributed by atoms with Gasteiger partial charge in [0.15, 0.2) is 0 Å². The molecule has 1 heterocycles. The van der Waals surface area contributed by atoms with Crippen molar-refractivity contribution in [3.05, 3.63) is 259 Å². The van der Waals surface area contributed by atoms with Crippen LogP contribution in [0, 0.1) is 0 Å². The Kier molecular flexibility index (Phi) is 8.11. The summed E-state index contributed by atoms with van der Waals surface area (Å²) in [5, 5.41) is 4.74. The Morgan fingerprint density at radius 3 is 1.67 bits per heavy atom. The molecule has 10 aromatic carbocycles. The minimum absolute atomic E-state index is 0.612. The maximum absolute atomic E-state index is 6.58. The lowest BCUT2D eigenvalue weighted by Crippen LogP contribution is -2.28. The van der Waals surface area contributed by atoms with E-state index in [1.54, 1.807) is 0 Å². The Labute approximate surface area is 355 Å². The molecule has 0 fully saturated rings. The van der Waals surface area contributed by atoms with Gasteiger partial charge in [-0.05, 0) is 121 Å². The van der Waals surface area contributed by atoms with Crippen LogP contribution in [-0.4, -0.2) is 0 Å². The molecule has 0 saturated carbocycles. The van der Waals surface area contributed by atoms with Gasteiger partial charge in [-0.15, -0.1) is 0 Å². The third kappa shape index (κ3) is 5.64. The number of para-hydroxylation sites is 1. The molecule has 1 unspecified atom stereocenters. The van der Waals surface area contributed by atoms with E-state index in [-0.39, 0.29) is 0 Å². The molecular weight excluding hydrogens is 739 g/mol. The first-order valence-corrected chi connectivity index (χ1v) is 21.0. The Hall–Kier alpha value is -7.94. The minimum Gasteiger partial charge on any atom is -0.456 e. The van der Waals surface area contributed by atoms with Crippen molar-refractivity contribution in [1.29, 1.82) is 0 Å². The summed E-state index contributed by atoms with van der Waals surface area (Å²) in [6.07, 6.45) is 0. The SMILES string of the molecule is c1ccc(-c2ccc(N(c3ccc(-c4ccc5ccccc5c4)cc3)c3ccc4c(c3)C(c3ccccc3)(c3ccc5c(c3)oc3ccccc35)c3ccccc3-4)cc2)cc1. The van der Waals surface area contributed by atoms with Crippen LogP contribution in [-0.2, 0) is 5.41 Å². The van der Waals surface area contributed by atoms with Crippen LogP contribution in [0.2, 0.25) is 0 Å². The topological polar surface area (TPSA) is 16.4 Å². The number of fused-ring (bicyclic) bond motifs is 7. The maximum Gasteiger partial charge on any atom is 0.135 e. The quantitative estimate of drug-likeness (QED) is 0.160. The zero-order valence-corrected chi connectivity index (χ0v) is 33.4. The molecule has 1 atom stereocenters. The summed E-state index contributed by atoms with van der Waals surface area (Å²) in [6.45, 7) is 0. The van der Waals surface area contributed by atoms with E-state index in [0.717, 1.165) is 39.0 Å². The second-order valence-corrected chi connectivity index (χ2v) is 16.1. The predicted molar refractivity (Wildman–Crippen MR) is 254 cm³/mol. The van der Waals surface area contributed by atoms with Gasteiger partial charge in [0.05, 0.1) is 5.41 Å². The van der Waals surface area contributed by atoms with Gasteiger partial charge in [-0.2, -0.15) is 0 Å². The fraction of sp³-hybridized carbons (Fsp3) is 0.0169. The average molecular weight is 778 g/mol. The molecule has 1 aliphatic rings. The first-order valence-electron chi connectivity index (χ1n) is 21.0. The maximum atomic E-state index is 6.58. The van der Waals surface area contributed by atoms with Gasteiger partial charge in [0.2, 0.25) is 0 Å².